The molecule has 0 bridgehead atoms. The zero-order valence-electron chi connectivity index (χ0n) is 17.5. The highest BCUT2D eigenvalue weighted by molar-refractivity contribution is 6.73. The molecule has 0 fully saturated rings. The van der Waals surface area contributed by atoms with Crippen molar-refractivity contribution < 1.29 is 14.0 Å². The van der Waals surface area contributed by atoms with E-state index in [0.717, 1.165) is 30.3 Å². The highest BCUT2D eigenvalue weighted by atomic mass is 28.4. The summed E-state index contributed by atoms with van der Waals surface area (Å²) in [6.45, 7) is 11.2. The Bertz CT molecular complexity index is 619. The fourth-order valence-electron chi connectivity index (χ4n) is 3.93. The van der Waals surface area contributed by atoms with E-state index in [1.54, 1.807) is 0 Å². The summed E-state index contributed by atoms with van der Waals surface area (Å²) in [6, 6.07) is 13.7. The van der Waals surface area contributed by atoms with Crippen LogP contribution in [0.5, 0.6) is 0 Å². The van der Waals surface area contributed by atoms with Crippen LogP contribution in [-0.4, -0.2) is 38.8 Å². The topological polar surface area (TPSA) is 47.9 Å². The number of hydrogen-bond acceptors (Lipinski definition) is 4. The van der Waals surface area contributed by atoms with Gasteiger partial charge in [0.05, 0.1) is 25.2 Å². The van der Waals surface area contributed by atoms with Crippen LogP contribution in [0.15, 0.2) is 35.3 Å². The van der Waals surface area contributed by atoms with Crippen LogP contribution in [0.4, 0.5) is 0 Å². The van der Waals surface area contributed by atoms with E-state index in [9.17, 15) is 4.79 Å². The van der Waals surface area contributed by atoms with Gasteiger partial charge in [0.25, 0.3) is 0 Å². The summed E-state index contributed by atoms with van der Waals surface area (Å²) in [5.41, 5.74) is 2.33. The molecule has 27 heavy (non-hydrogen) atoms. The summed E-state index contributed by atoms with van der Waals surface area (Å²) in [5, 5.41) is 0. The van der Waals surface area contributed by atoms with Gasteiger partial charge in [-0.2, -0.15) is 0 Å². The van der Waals surface area contributed by atoms with Crippen molar-refractivity contribution >= 4 is 20.0 Å². The number of carbonyl (C=O) groups is 1. The standard InChI is InChI=1S/C22H35NO3Si/c1-6-25-21(24)16-19-17(5)22(26-27(7-2,8-3)9-4)20(23-19)15-18-13-11-10-12-14-18/h10-14,17,19,22H,6-9,15-16H2,1-5H3/t17-,19?,22-/m1/s1. The van der Waals surface area contributed by atoms with E-state index in [0.29, 0.717) is 13.0 Å². The molecule has 1 heterocycles. The van der Waals surface area contributed by atoms with Crippen molar-refractivity contribution in [1.29, 1.82) is 0 Å². The first-order valence-electron chi connectivity index (χ1n) is 10.4. The lowest BCUT2D eigenvalue weighted by Crippen LogP contribution is -2.45. The normalized spacial score (nSPS) is 22.6. The van der Waals surface area contributed by atoms with Crippen LogP contribution in [0.25, 0.3) is 0 Å². The molecule has 0 spiro atoms. The molecule has 0 saturated carbocycles. The van der Waals surface area contributed by atoms with Crippen molar-refractivity contribution in [2.24, 2.45) is 10.9 Å². The summed E-state index contributed by atoms with van der Waals surface area (Å²) >= 11 is 0. The number of ether oxygens (including phenoxy) is 1. The van der Waals surface area contributed by atoms with Gasteiger partial charge in [0, 0.05) is 18.1 Å². The SMILES string of the molecule is CCOC(=O)CC1N=C(Cc2ccccc2)[C@H](O[Si](CC)(CC)CC)[C@@H]1C. The molecule has 1 aliphatic rings. The van der Waals surface area contributed by atoms with E-state index in [1.165, 1.54) is 5.56 Å². The number of hydrogen-bond donors (Lipinski definition) is 0. The Labute approximate surface area is 165 Å². The molecule has 0 radical (unpaired) electrons. The molecular formula is C22H35NO3Si. The van der Waals surface area contributed by atoms with Crippen LogP contribution in [0.3, 0.4) is 0 Å². The number of nitrogens with zero attached hydrogens (tertiary/aromatic N) is 1. The zero-order chi connectivity index (χ0) is 19.9. The van der Waals surface area contributed by atoms with Crippen molar-refractivity contribution in [2.45, 2.75) is 77.7 Å². The van der Waals surface area contributed by atoms with Crippen molar-refractivity contribution in [2.75, 3.05) is 6.61 Å². The summed E-state index contributed by atoms with van der Waals surface area (Å²) in [4.78, 5) is 17.0. The van der Waals surface area contributed by atoms with Gasteiger partial charge in [-0.05, 0) is 30.6 Å². The molecule has 0 N–H and O–H groups in total. The first kappa shape index (κ1) is 21.8. The number of esters is 1. The highest BCUT2D eigenvalue weighted by Crippen LogP contribution is 2.33. The minimum absolute atomic E-state index is 0.0103. The third-order valence-corrected chi connectivity index (χ3v) is 10.6. The van der Waals surface area contributed by atoms with E-state index in [4.69, 9.17) is 14.2 Å². The van der Waals surface area contributed by atoms with E-state index >= 15 is 0 Å². The molecule has 1 aliphatic heterocycles. The monoisotopic (exact) mass is 389 g/mol. The number of benzene rings is 1. The Balaban J connectivity index is 2.25. The van der Waals surface area contributed by atoms with E-state index in [-0.39, 0.29) is 24.0 Å². The fourth-order valence-corrected chi connectivity index (χ4v) is 6.82. The Hall–Kier alpha value is -1.46. The zero-order valence-corrected chi connectivity index (χ0v) is 18.5. The van der Waals surface area contributed by atoms with Gasteiger partial charge in [-0.15, -0.1) is 0 Å². The van der Waals surface area contributed by atoms with Gasteiger partial charge >= 0.3 is 5.97 Å². The Morgan fingerprint density at radius 2 is 1.70 bits per heavy atom. The Kier molecular flexibility index (Phi) is 8.23. The molecule has 0 aliphatic carbocycles. The molecule has 5 heteroatoms. The van der Waals surface area contributed by atoms with E-state index in [1.807, 2.05) is 13.0 Å². The predicted molar refractivity (Wildman–Crippen MR) is 114 cm³/mol. The minimum atomic E-state index is -1.76. The molecule has 4 nitrogen and oxygen atoms in total. The third kappa shape index (κ3) is 5.52. The number of aliphatic imine (C=N–C) groups is 1. The molecule has 2 rings (SSSR count). The summed E-state index contributed by atoms with van der Waals surface area (Å²) in [5.74, 6) is 0.0347. The van der Waals surface area contributed by atoms with Crippen molar-refractivity contribution in [3.05, 3.63) is 35.9 Å². The lowest BCUT2D eigenvalue weighted by molar-refractivity contribution is -0.143. The van der Waals surface area contributed by atoms with Gasteiger partial charge in [-0.3, -0.25) is 9.79 Å². The fraction of sp³-hybridized carbons (Fsp3) is 0.636. The van der Waals surface area contributed by atoms with Crippen LogP contribution in [0, 0.1) is 5.92 Å². The number of rotatable bonds is 10. The van der Waals surface area contributed by atoms with Gasteiger partial charge in [0.2, 0.25) is 0 Å². The lowest BCUT2D eigenvalue weighted by Gasteiger charge is -2.34. The van der Waals surface area contributed by atoms with Crippen LogP contribution in [-0.2, 0) is 20.4 Å². The quantitative estimate of drug-likeness (QED) is 0.416. The largest absolute Gasteiger partial charge is 0.466 e. The lowest BCUT2D eigenvalue weighted by atomic mass is 9.93. The van der Waals surface area contributed by atoms with E-state index < -0.39 is 8.32 Å². The molecule has 1 aromatic rings. The molecule has 1 unspecified atom stereocenters. The first-order valence-corrected chi connectivity index (χ1v) is 12.9. The molecule has 150 valence electrons. The summed E-state index contributed by atoms with van der Waals surface area (Å²) in [7, 11) is -1.76. The third-order valence-electron chi connectivity index (χ3n) is 5.96. The predicted octanol–water partition coefficient (Wildman–Crippen LogP) is 5.03. The maximum atomic E-state index is 12.0. The van der Waals surface area contributed by atoms with Crippen molar-refractivity contribution in [3.8, 4) is 0 Å². The van der Waals surface area contributed by atoms with Gasteiger partial charge in [-0.25, -0.2) is 0 Å². The smallest absolute Gasteiger partial charge is 0.307 e. The average molecular weight is 390 g/mol. The van der Waals surface area contributed by atoms with Crippen LogP contribution in [0.2, 0.25) is 18.1 Å². The second-order valence-corrected chi connectivity index (χ2v) is 12.2. The number of carbonyl (C=O) groups excluding carboxylic acids is 1. The van der Waals surface area contributed by atoms with Gasteiger partial charge in [0.1, 0.15) is 0 Å². The summed E-state index contributed by atoms with van der Waals surface area (Å²) < 4.78 is 12.0. The van der Waals surface area contributed by atoms with Crippen LogP contribution in [0.1, 0.15) is 46.6 Å². The highest BCUT2D eigenvalue weighted by Gasteiger charge is 2.42. The molecule has 0 aromatic heterocycles. The van der Waals surface area contributed by atoms with Gasteiger partial charge in [-0.1, -0.05) is 58.0 Å². The Morgan fingerprint density at radius 1 is 1.07 bits per heavy atom. The van der Waals surface area contributed by atoms with Crippen molar-refractivity contribution in [1.82, 2.24) is 0 Å². The van der Waals surface area contributed by atoms with Gasteiger partial charge < -0.3 is 9.16 Å². The Morgan fingerprint density at radius 3 is 2.26 bits per heavy atom. The average Bonchev–Trinajstić information content (AvgIpc) is 2.95. The molecule has 1 aromatic carbocycles. The first-order chi connectivity index (χ1) is 13.0. The maximum Gasteiger partial charge on any atom is 0.307 e. The second kappa shape index (κ2) is 10.2. The van der Waals surface area contributed by atoms with Gasteiger partial charge in [0.15, 0.2) is 8.32 Å². The van der Waals surface area contributed by atoms with Crippen LogP contribution >= 0.6 is 0 Å². The van der Waals surface area contributed by atoms with Crippen molar-refractivity contribution in [3.63, 3.8) is 0 Å². The van der Waals surface area contributed by atoms with E-state index in [2.05, 4.69) is 52.0 Å². The van der Waals surface area contributed by atoms with Crippen LogP contribution < -0.4 is 0 Å². The second-order valence-electron chi connectivity index (χ2n) is 7.50. The maximum absolute atomic E-state index is 12.0. The molecule has 0 amide bonds. The molecular weight excluding hydrogens is 354 g/mol. The molecule has 0 saturated heterocycles. The minimum Gasteiger partial charge on any atom is -0.466 e. The molecule has 3 atom stereocenters. The summed E-state index contributed by atoms with van der Waals surface area (Å²) in [6.07, 6.45) is 1.14.